The maximum atomic E-state index is 12.3. The van der Waals surface area contributed by atoms with Crippen LogP contribution < -0.4 is 0 Å². The van der Waals surface area contributed by atoms with E-state index >= 15 is 0 Å². The maximum absolute atomic E-state index is 12.3. The number of hydrogen-bond acceptors (Lipinski definition) is 6. The molecule has 5 nitrogen and oxygen atoms in total. The van der Waals surface area contributed by atoms with Crippen LogP contribution in [0.1, 0.15) is 47.0 Å². The highest BCUT2D eigenvalue weighted by Crippen LogP contribution is 2.36. The van der Waals surface area contributed by atoms with Gasteiger partial charge >= 0.3 is 11.9 Å². The molecule has 0 bridgehead atoms. The molecule has 6 heteroatoms. The van der Waals surface area contributed by atoms with E-state index in [-0.39, 0.29) is 12.1 Å². The van der Waals surface area contributed by atoms with E-state index in [9.17, 15) is 9.59 Å². The van der Waals surface area contributed by atoms with Crippen molar-refractivity contribution in [3.8, 4) is 0 Å². The van der Waals surface area contributed by atoms with Crippen LogP contribution in [0.15, 0.2) is 0 Å². The first kappa shape index (κ1) is 17.6. The third-order valence-electron chi connectivity index (χ3n) is 4.38. The largest absolute Gasteiger partial charge is 0.459 e. The second-order valence-electron chi connectivity index (χ2n) is 6.64. The Morgan fingerprint density at radius 1 is 1.23 bits per heavy atom. The van der Waals surface area contributed by atoms with Crippen molar-refractivity contribution in [3.63, 3.8) is 0 Å². The Morgan fingerprint density at radius 2 is 1.95 bits per heavy atom. The van der Waals surface area contributed by atoms with Gasteiger partial charge in [0.15, 0.2) is 0 Å². The predicted octanol–water partition coefficient (Wildman–Crippen LogP) is 2.97. The summed E-state index contributed by atoms with van der Waals surface area (Å²) in [6.45, 7) is 7.89. The standard InChI is InChI=1S/C16H26O5S/c1-9(2)12-6-5-10(3)7-13(12)20-15(18)16-21-14(8-22-16)19-11(4)17/h9-10,12-14,16H,5-8H2,1-4H3/t10-,12?,13?,14-,16+/m0/s1. The first-order chi connectivity index (χ1) is 10.4. The molecule has 5 atom stereocenters. The minimum absolute atomic E-state index is 0.0341. The van der Waals surface area contributed by atoms with Crippen molar-refractivity contribution in [1.82, 2.24) is 0 Å². The molecule has 1 aliphatic heterocycles. The lowest BCUT2D eigenvalue weighted by molar-refractivity contribution is -0.185. The SMILES string of the molecule is CC(=O)O[C@@H]1CS[C@H](C(=O)OC2C[C@@H](C)CCC2C(C)C)O1. The van der Waals surface area contributed by atoms with Crippen molar-refractivity contribution in [2.75, 3.05) is 5.75 Å². The zero-order valence-electron chi connectivity index (χ0n) is 13.7. The Kier molecular flexibility index (Phi) is 6.15. The molecule has 0 spiro atoms. The zero-order valence-corrected chi connectivity index (χ0v) is 14.6. The van der Waals surface area contributed by atoms with E-state index in [1.165, 1.54) is 25.1 Å². The van der Waals surface area contributed by atoms with Gasteiger partial charge in [0, 0.05) is 6.92 Å². The highest BCUT2D eigenvalue weighted by atomic mass is 32.2. The number of carbonyl (C=O) groups is 2. The normalized spacial score (nSPS) is 35.4. The molecule has 1 heterocycles. The third-order valence-corrected chi connectivity index (χ3v) is 5.45. The molecule has 126 valence electrons. The average molecular weight is 330 g/mol. The molecule has 1 saturated carbocycles. The monoisotopic (exact) mass is 330 g/mol. The van der Waals surface area contributed by atoms with Crippen LogP contribution in [0.5, 0.6) is 0 Å². The van der Waals surface area contributed by atoms with E-state index in [0.717, 1.165) is 12.8 Å². The Hall–Kier alpha value is -0.750. The maximum Gasteiger partial charge on any atom is 0.346 e. The fraction of sp³-hybridized carbons (Fsp3) is 0.875. The van der Waals surface area contributed by atoms with Crippen LogP contribution in [0.25, 0.3) is 0 Å². The van der Waals surface area contributed by atoms with E-state index in [4.69, 9.17) is 14.2 Å². The van der Waals surface area contributed by atoms with Gasteiger partial charge in [-0.2, -0.15) is 0 Å². The molecular formula is C16H26O5S. The Labute approximate surface area is 136 Å². The summed E-state index contributed by atoms with van der Waals surface area (Å²) in [5, 5.41) is 0. The summed E-state index contributed by atoms with van der Waals surface area (Å²) in [6, 6.07) is 0. The molecule has 0 aromatic heterocycles. The van der Waals surface area contributed by atoms with Gasteiger partial charge < -0.3 is 14.2 Å². The molecule has 0 amide bonds. The molecule has 2 aliphatic rings. The van der Waals surface area contributed by atoms with Crippen LogP contribution in [0, 0.1) is 17.8 Å². The van der Waals surface area contributed by atoms with Crippen LogP contribution in [0.3, 0.4) is 0 Å². The lowest BCUT2D eigenvalue weighted by atomic mass is 9.75. The highest BCUT2D eigenvalue weighted by molar-refractivity contribution is 8.00. The van der Waals surface area contributed by atoms with Gasteiger partial charge in [0.1, 0.15) is 6.10 Å². The fourth-order valence-electron chi connectivity index (χ4n) is 3.21. The van der Waals surface area contributed by atoms with Crippen molar-refractivity contribution in [1.29, 1.82) is 0 Å². The van der Waals surface area contributed by atoms with Gasteiger partial charge in [-0.3, -0.25) is 4.79 Å². The molecule has 2 fully saturated rings. The molecule has 1 aliphatic carbocycles. The highest BCUT2D eigenvalue weighted by Gasteiger charge is 2.39. The minimum atomic E-state index is -0.686. The summed E-state index contributed by atoms with van der Waals surface area (Å²) in [6.07, 6.45) is 2.53. The van der Waals surface area contributed by atoms with E-state index < -0.39 is 17.7 Å². The van der Waals surface area contributed by atoms with Gasteiger partial charge in [-0.1, -0.05) is 27.2 Å². The molecule has 1 saturated heterocycles. The number of hydrogen-bond donors (Lipinski definition) is 0. The van der Waals surface area contributed by atoms with Crippen molar-refractivity contribution < 1.29 is 23.8 Å². The molecule has 22 heavy (non-hydrogen) atoms. The molecule has 2 unspecified atom stereocenters. The van der Waals surface area contributed by atoms with Gasteiger partial charge in [0.25, 0.3) is 0 Å². The van der Waals surface area contributed by atoms with Crippen molar-refractivity contribution in [2.24, 2.45) is 17.8 Å². The molecule has 0 radical (unpaired) electrons. The fourth-order valence-corrected chi connectivity index (χ4v) is 4.08. The van der Waals surface area contributed by atoms with Crippen LogP contribution in [0.4, 0.5) is 0 Å². The molecular weight excluding hydrogens is 304 g/mol. The second kappa shape index (κ2) is 7.68. The number of ether oxygens (including phenoxy) is 3. The Morgan fingerprint density at radius 3 is 2.59 bits per heavy atom. The smallest absolute Gasteiger partial charge is 0.346 e. The first-order valence-electron chi connectivity index (χ1n) is 8.01. The van der Waals surface area contributed by atoms with Gasteiger partial charge in [0.2, 0.25) is 11.7 Å². The minimum Gasteiger partial charge on any atom is -0.459 e. The van der Waals surface area contributed by atoms with Crippen LogP contribution in [0.2, 0.25) is 0 Å². The summed E-state index contributed by atoms with van der Waals surface area (Å²) < 4.78 is 16.2. The molecule has 0 aromatic carbocycles. The third kappa shape index (κ3) is 4.62. The van der Waals surface area contributed by atoms with Crippen molar-refractivity contribution in [2.45, 2.75) is 64.8 Å². The van der Waals surface area contributed by atoms with Crippen LogP contribution >= 0.6 is 11.8 Å². The number of thioether (sulfide) groups is 1. The van der Waals surface area contributed by atoms with Gasteiger partial charge in [-0.15, -0.1) is 11.8 Å². The lowest BCUT2D eigenvalue weighted by Crippen LogP contribution is -2.38. The number of esters is 2. The second-order valence-corrected chi connectivity index (χ2v) is 7.74. The van der Waals surface area contributed by atoms with E-state index in [2.05, 4.69) is 20.8 Å². The number of rotatable bonds is 4. The van der Waals surface area contributed by atoms with E-state index in [1.807, 2.05) is 0 Å². The summed E-state index contributed by atoms with van der Waals surface area (Å²) in [5.74, 6) is 1.21. The number of carbonyl (C=O) groups excluding carboxylic acids is 2. The molecule has 0 aromatic rings. The predicted molar refractivity (Wildman–Crippen MR) is 84.1 cm³/mol. The first-order valence-corrected chi connectivity index (χ1v) is 9.06. The van der Waals surface area contributed by atoms with Crippen LogP contribution in [-0.4, -0.2) is 35.5 Å². The Balaban J connectivity index is 1.88. The zero-order chi connectivity index (χ0) is 16.3. The van der Waals surface area contributed by atoms with Gasteiger partial charge in [-0.05, 0) is 30.6 Å². The van der Waals surface area contributed by atoms with Crippen molar-refractivity contribution in [3.05, 3.63) is 0 Å². The molecule has 0 N–H and O–H groups in total. The summed E-state index contributed by atoms with van der Waals surface area (Å²) in [4.78, 5) is 23.2. The van der Waals surface area contributed by atoms with Gasteiger partial charge in [0.05, 0.1) is 5.75 Å². The molecule has 2 rings (SSSR count). The van der Waals surface area contributed by atoms with E-state index in [1.54, 1.807) is 0 Å². The quantitative estimate of drug-likeness (QED) is 0.739. The van der Waals surface area contributed by atoms with Gasteiger partial charge in [-0.25, -0.2) is 4.79 Å². The summed E-state index contributed by atoms with van der Waals surface area (Å²) in [7, 11) is 0. The van der Waals surface area contributed by atoms with Crippen LogP contribution in [-0.2, 0) is 23.8 Å². The summed E-state index contributed by atoms with van der Waals surface area (Å²) in [5.41, 5.74) is -0.686. The lowest BCUT2D eigenvalue weighted by Gasteiger charge is -2.37. The average Bonchev–Trinajstić information content (AvgIpc) is 2.86. The Bertz CT molecular complexity index is 411. The van der Waals surface area contributed by atoms with E-state index in [0.29, 0.717) is 23.5 Å². The van der Waals surface area contributed by atoms with Crippen molar-refractivity contribution >= 4 is 23.7 Å². The topological polar surface area (TPSA) is 61.8 Å². The summed E-state index contributed by atoms with van der Waals surface area (Å²) >= 11 is 1.33.